The van der Waals surface area contributed by atoms with E-state index in [9.17, 15) is 9.50 Å². The Balaban J connectivity index is 1.94. The Hall–Kier alpha value is -2.17. The molecule has 1 unspecified atom stereocenters. The zero-order valence-electron chi connectivity index (χ0n) is 10.9. The maximum Gasteiger partial charge on any atom is 0.129 e. The van der Waals surface area contributed by atoms with E-state index in [4.69, 9.17) is 11.6 Å². The third-order valence-corrected chi connectivity index (χ3v) is 3.43. The highest BCUT2D eigenvalue weighted by Gasteiger charge is 2.17. The van der Waals surface area contributed by atoms with Gasteiger partial charge in [0.05, 0.1) is 11.9 Å². The smallest absolute Gasteiger partial charge is 0.129 e. The summed E-state index contributed by atoms with van der Waals surface area (Å²) in [5.41, 5.74) is 1.50. The minimum Gasteiger partial charge on any atom is -0.383 e. The molecule has 1 atom stereocenters. The molecule has 5 heteroatoms. The van der Waals surface area contributed by atoms with E-state index in [1.165, 1.54) is 24.4 Å². The average Bonchev–Trinajstić information content (AvgIpc) is 3.00. The van der Waals surface area contributed by atoms with Crippen molar-refractivity contribution in [1.29, 1.82) is 0 Å². The van der Waals surface area contributed by atoms with Crippen molar-refractivity contribution in [2.75, 3.05) is 0 Å². The molecular weight excluding hydrogens is 291 g/mol. The molecule has 0 bridgehead atoms. The lowest BCUT2D eigenvalue weighted by atomic mass is 10.0. The quantitative estimate of drug-likeness (QED) is 0.800. The highest BCUT2D eigenvalue weighted by atomic mass is 35.5. The van der Waals surface area contributed by atoms with E-state index in [0.717, 1.165) is 5.69 Å². The Labute approximate surface area is 126 Å². The predicted octanol–water partition coefficient (Wildman–Crippen LogP) is 3.75. The number of aromatic nitrogens is 2. The number of halogens is 2. The Bertz CT molecular complexity index is 758. The van der Waals surface area contributed by atoms with E-state index in [1.807, 2.05) is 30.3 Å². The van der Waals surface area contributed by atoms with Gasteiger partial charge in [0.15, 0.2) is 0 Å². The molecule has 0 radical (unpaired) electrons. The molecule has 106 valence electrons. The highest BCUT2D eigenvalue weighted by molar-refractivity contribution is 6.30. The van der Waals surface area contributed by atoms with Crippen LogP contribution < -0.4 is 0 Å². The van der Waals surface area contributed by atoms with E-state index in [2.05, 4.69) is 5.10 Å². The average molecular weight is 303 g/mol. The SMILES string of the molecule is OC(c1cnn(-c2ccccc2)c1)c1cc(Cl)ccc1F. The molecule has 1 heterocycles. The van der Waals surface area contributed by atoms with Crippen molar-refractivity contribution in [2.24, 2.45) is 0 Å². The van der Waals surface area contributed by atoms with Crippen LogP contribution in [0.4, 0.5) is 4.39 Å². The van der Waals surface area contributed by atoms with Crippen LogP contribution in [-0.2, 0) is 0 Å². The minimum absolute atomic E-state index is 0.134. The van der Waals surface area contributed by atoms with Crippen LogP contribution in [0.15, 0.2) is 60.9 Å². The first kappa shape index (κ1) is 13.8. The summed E-state index contributed by atoms with van der Waals surface area (Å²) in [7, 11) is 0. The van der Waals surface area contributed by atoms with E-state index < -0.39 is 11.9 Å². The van der Waals surface area contributed by atoms with Crippen molar-refractivity contribution in [3.05, 3.63) is 82.9 Å². The number of hydrogen-bond acceptors (Lipinski definition) is 2. The number of aliphatic hydroxyl groups excluding tert-OH is 1. The fraction of sp³-hybridized carbons (Fsp3) is 0.0625. The summed E-state index contributed by atoms with van der Waals surface area (Å²) in [4.78, 5) is 0. The number of nitrogens with zero attached hydrogens (tertiary/aromatic N) is 2. The summed E-state index contributed by atoms with van der Waals surface area (Å²) in [6.07, 6.45) is 2.07. The molecule has 1 N–H and O–H groups in total. The first-order valence-corrected chi connectivity index (χ1v) is 6.76. The molecule has 3 aromatic rings. The Kier molecular flexibility index (Phi) is 3.73. The molecule has 2 aromatic carbocycles. The minimum atomic E-state index is -1.11. The van der Waals surface area contributed by atoms with Gasteiger partial charge in [-0.15, -0.1) is 0 Å². The van der Waals surface area contributed by atoms with Crippen molar-refractivity contribution >= 4 is 11.6 Å². The summed E-state index contributed by atoms with van der Waals surface area (Å²) < 4.78 is 15.4. The Morgan fingerprint density at radius 2 is 1.90 bits per heavy atom. The lowest BCUT2D eigenvalue weighted by Gasteiger charge is -2.10. The van der Waals surface area contributed by atoms with Gasteiger partial charge in [0.25, 0.3) is 0 Å². The van der Waals surface area contributed by atoms with Gasteiger partial charge in [-0.25, -0.2) is 9.07 Å². The number of aliphatic hydroxyl groups is 1. The summed E-state index contributed by atoms with van der Waals surface area (Å²) in [6, 6.07) is 13.6. The highest BCUT2D eigenvalue weighted by Crippen LogP contribution is 2.27. The number of rotatable bonds is 3. The number of benzene rings is 2. The van der Waals surface area contributed by atoms with Crippen LogP contribution in [0.1, 0.15) is 17.2 Å². The maximum atomic E-state index is 13.8. The Morgan fingerprint density at radius 3 is 2.67 bits per heavy atom. The molecule has 0 fully saturated rings. The molecule has 3 nitrogen and oxygen atoms in total. The van der Waals surface area contributed by atoms with Crippen LogP contribution in [0.25, 0.3) is 5.69 Å². The van der Waals surface area contributed by atoms with Crippen LogP contribution in [0.5, 0.6) is 0 Å². The van der Waals surface area contributed by atoms with Crippen LogP contribution in [-0.4, -0.2) is 14.9 Å². The first-order chi connectivity index (χ1) is 10.1. The van der Waals surface area contributed by atoms with Crippen molar-refractivity contribution in [2.45, 2.75) is 6.10 Å². The number of para-hydroxylation sites is 1. The van der Waals surface area contributed by atoms with Gasteiger partial charge in [0.2, 0.25) is 0 Å². The molecule has 0 spiro atoms. The molecule has 0 amide bonds. The monoisotopic (exact) mass is 302 g/mol. The van der Waals surface area contributed by atoms with Gasteiger partial charge in [-0.2, -0.15) is 5.10 Å². The largest absolute Gasteiger partial charge is 0.383 e. The first-order valence-electron chi connectivity index (χ1n) is 6.38. The fourth-order valence-electron chi connectivity index (χ4n) is 2.10. The lowest BCUT2D eigenvalue weighted by Crippen LogP contribution is -2.01. The van der Waals surface area contributed by atoms with Gasteiger partial charge in [-0.3, -0.25) is 0 Å². The van der Waals surface area contributed by atoms with E-state index in [1.54, 1.807) is 10.9 Å². The number of hydrogen-bond donors (Lipinski definition) is 1. The standard InChI is InChI=1S/C16H12ClFN2O/c17-12-6-7-15(18)14(8-12)16(21)11-9-19-20(10-11)13-4-2-1-3-5-13/h1-10,16,21H. The maximum absolute atomic E-state index is 13.8. The van der Waals surface area contributed by atoms with Gasteiger partial charge >= 0.3 is 0 Å². The second-order valence-electron chi connectivity index (χ2n) is 4.62. The molecule has 0 aliphatic heterocycles. The van der Waals surface area contributed by atoms with Crippen molar-refractivity contribution in [3.8, 4) is 5.69 Å². The second kappa shape index (κ2) is 5.68. The summed E-state index contributed by atoms with van der Waals surface area (Å²) in [5.74, 6) is -0.501. The molecule has 0 saturated heterocycles. The second-order valence-corrected chi connectivity index (χ2v) is 5.06. The molecule has 0 aliphatic carbocycles. The fourth-order valence-corrected chi connectivity index (χ4v) is 2.28. The van der Waals surface area contributed by atoms with Gasteiger partial charge in [0, 0.05) is 22.3 Å². The summed E-state index contributed by atoms with van der Waals surface area (Å²) in [6.45, 7) is 0. The van der Waals surface area contributed by atoms with Gasteiger partial charge in [-0.1, -0.05) is 29.8 Å². The molecular formula is C16H12ClFN2O. The molecule has 0 saturated carbocycles. The zero-order valence-corrected chi connectivity index (χ0v) is 11.7. The molecule has 0 aliphatic rings. The Morgan fingerprint density at radius 1 is 1.14 bits per heavy atom. The van der Waals surface area contributed by atoms with Crippen LogP contribution >= 0.6 is 11.6 Å². The van der Waals surface area contributed by atoms with Gasteiger partial charge in [0.1, 0.15) is 11.9 Å². The van der Waals surface area contributed by atoms with Crippen molar-refractivity contribution < 1.29 is 9.50 Å². The topological polar surface area (TPSA) is 38.1 Å². The molecule has 1 aromatic heterocycles. The van der Waals surface area contributed by atoms with Crippen LogP contribution in [0.2, 0.25) is 5.02 Å². The zero-order chi connectivity index (χ0) is 14.8. The lowest BCUT2D eigenvalue weighted by molar-refractivity contribution is 0.215. The van der Waals surface area contributed by atoms with Crippen LogP contribution in [0, 0.1) is 5.82 Å². The summed E-state index contributed by atoms with van der Waals surface area (Å²) in [5, 5.41) is 14.9. The molecule has 3 rings (SSSR count). The third kappa shape index (κ3) is 2.82. The predicted molar refractivity (Wildman–Crippen MR) is 79.0 cm³/mol. The van der Waals surface area contributed by atoms with E-state index in [-0.39, 0.29) is 5.56 Å². The van der Waals surface area contributed by atoms with E-state index >= 15 is 0 Å². The van der Waals surface area contributed by atoms with Crippen molar-refractivity contribution in [3.63, 3.8) is 0 Å². The normalized spacial score (nSPS) is 12.3. The van der Waals surface area contributed by atoms with Crippen LogP contribution in [0.3, 0.4) is 0 Å². The third-order valence-electron chi connectivity index (χ3n) is 3.19. The van der Waals surface area contributed by atoms with E-state index in [0.29, 0.717) is 10.6 Å². The summed E-state index contributed by atoms with van der Waals surface area (Å²) >= 11 is 5.85. The van der Waals surface area contributed by atoms with Crippen molar-refractivity contribution in [1.82, 2.24) is 9.78 Å². The van der Waals surface area contributed by atoms with Gasteiger partial charge in [-0.05, 0) is 30.3 Å². The molecule has 21 heavy (non-hydrogen) atoms. The van der Waals surface area contributed by atoms with Gasteiger partial charge < -0.3 is 5.11 Å².